The van der Waals surface area contributed by atoms with Crippen LogP contribution in [0.4, 0.5) is 5.82 Å². The molecule has 0 atom stereocenters. The molecule has 5 heteroatoms. The van der Waals surface area contributed by atoms with Gasteiger partial charge in [-0.2, -0.15) is 0 Å². The average molecular weight is 283 g/mol. The van der Waals surface area contributed by atoms with Gasteiger partial charge < -0.3 is 10.1 Å². The predicted molar refractivity (Wildman–Crippen MR) is 76.7 cm³/mol. The van der Waals surface area contributed by atoms with Crippen molar-refractivity contribution >= 4 is 38.8 Å². The van der Waals surface area contributed by atoms with Crippen LogP contribution in [0.2, 0.25) is 0 Å². The molecule has 0 bridgehead atoms. The molecule has 3 heterocycles. The average Bonchev–Trinajstić information content (AvgIpc) is 2.89. The van der Waals surface area contributed by atoms with E-state index in [0.717, 1.165) is 31.9 Å². The Bertz CT molecular complexity index is 537. The first-order valence-electron chi connectivity index (χ1n) is 6.07. The Kier molecular flexibility index (Phi) is 3.41. The smallest absolute Gasteiger partial charge is 0.135 e. The summed E-state index contributed by atoms with van der Waals surface area (Å²) in [6.45, 7) is 1.53. The molecule has 0 spiro atoms. The molecule has 2 aromatic rings. The van der Waals surface area contributed by atoms with E-state index in [2.05, 4.69) is 21.7 Å². The second-order valence-electron chi connectivity index (χ2n) is 4.64. The summed E-state index contributed by atoms with van der Waals surface area (Å²) in [5.74, 6) is 1.52. The first-order valence-corrected chi connectivity index (χ1v) is 7.49. The van der Waals surface area contributed by atoms with E-state index in [9.17, 15) is 0 Å². The SMILES string of the molecule is ClCC1(Nc2nccc3sccc23)CCOCC1. The molecule has 0 radical (unpaired) electrons. The van der Waals surface area contributed by atoms with E-state index < -0.39 is 0 Å². The van der Waals surface area contributed by atoms with E-state index >= 15 is 0 Å². The Labute approximate surface area is 115 Å². The number of rotatable bonds is 3. The number of fused-ring (bicyclic) bond motifs is 1. The standard InChI is InChI=1S/C13H15ClN2OS/c14-9-13(3-6-17-7-4-13)16-12-10-2-8-18-11(10)1-5-15-12/h1-2,5,8H,3-4,6-7,9H2,(H,15,16). The van der Waals surface area contributed by atoms with Crippen LogP contribution < -0.4 is 5.32 Å². The minimum Gasteiger partial charge on any atom is -0.381 e. The highest BCUT2D eigenvalue weighted by molar-refractivity contribution is 7.17. The summed E-state index contributed by atoms with van der Waals surface area (Å²) >= 11 is 7.90. The summed E-state index contributed by atoms with van der Waals surface area (Å²) < 4.78 is 6.67. The van der Waals surface area contributed by atoms with Gasteiger partial charge in [-0.1, -0.05) is 0 Å². The van der Waals surface area contributed by atoms with Crippen LogP contribution in [0.3, 0.4) is 0 Å². The molecule has 3 rings (SSSR count). The number of pyridine rings is 1. The maximum absolute atomic E-state index is 6.17. The maximum atomic E-state index is 6.17. The Morgan fingerprint density at radius 3 is 3.00 bits per heavy atom. The highest BCUT2D eigenvalue weighted by atomic mass is 35.5. The summed E-state index contributed by atoms with van der Waals surface area (Å²) in [5, 5.41) is 6.83. The molecule has 1 aliphatic heterocycles. The van der Waals surface area contributed by atoms with Crippen LogP contribution in [-0.4, -0.2) is 29.6 Å². The van der Waals surface area contributed by atoms with E-state index in [0.29, 0.717) is 5.88 Å². The van der Waals surface area contributed by atoms with Gasteiger partial charge in [0.25, 0.3) is 0 Å². The van der Waals surface area contributed by atoms with Crippen molar-refractivity contribution in [2.24, 2.45) is 0 Å². The Morgan fingerprint density at radius 2 is 2.22 bits per heavy atom. The molecule has 0 aliphatic carbocycles. The third kappa shape index (κ3) is 2.20. The molecule has 96 valence electrons. The molecule has 0 saturated carbocycles. The van der Waals surface area contributed by atoms with Gasteiger partial charge >= 0.3 is 0 Å². The third-order valence-electron chi connectivity index (χ3n) is 3.47. The van der Waals surface area contributed by atoms with Crippen LogP contribution in [0, 0.1) is 0 Å². The summed E-state index contributed by atoms with van der Waals surface area (Å²) in [6.07, 6.45) is 3.71. The van der Waals surface area contributed by atoms with Crippen LogP contribution in [-0.2, 0) is 4.74 Å². The molecule has 1 aliphatic rings. The molecule has 3 nitrogen and oxygen atoms in total. The second-order valence-corrected chi connectivity index (χ2v) is 5.86. The molecule has 1 saturated heterocycles. The topological polar surface area (TPSA) is 34.2 Å². The van der Waals surface area contributed by atoms with Gasteiger partial charge in [0.15, 0.2) is 0 Å². The molecule has 2 aromatic heterocycles. The second kappa shape index (κ2) is 5.03. The molecule has 1 fully saturated rings. The van der Waals surface area contributed by atoms with Crippen molar-refractivity contribution in [1.29, 1.82) is 0 Å². The van der Waals surface area contributed by atoms with Crippen molar-refractivity contribution in [2.75, 3.05) is 24.4 Å². The van der Waals surface area contributed by atoms with E-state index in [4.69, 9.17) is 16.3 Å². The van der Waals surface area contributed by atoms with Crippen LogP contribution >= 0.6 is 22.9 Å². The zero-order valence-electron chi connectivity index (χ0n) is 9.99. The van der Waals surface area contributed by atoms with Crippen molar-refractivity contribution in [3.05, 3.63) is 23.7 Å². The maximum Gasteiger partial charge on any atom is 0.135 e. The van der Waals surface area contributed by atoms with E-state index in [1.54, 1.807) is 11.3 Å². The number of halogens is 1. The number of alkyl halides is 1. The van der Waals surface area contributed by atoms with Gasteiger partial charge in [0.1, 0.15) is 5.82 Å². The fourth-order valence-electron chi connectivity index (χ4n) is 2.30. The molecule has 18 heavy (non-hydrogen) atoms. The minimum absolute atomic E-state index is 0.0803. The molecular formula is C13H15ClN2OS. The Hall–Kier alpha value is -0.840. The van der Waals surface area contributed by atoms with Crippen molar-refractivity contribution in [3.8, 4) is 0 Å². The number of hydrogen-bond donors (Lipinski definition) is 1. The lowest BCUT2D eigenvalue weighted by atomic mass is 9.92. The highest BCUT2D eigenvalue weighted by Crippen LogP contribution is 2.31. The molecular weight excluding hydrogens is 268 g/mol. The zero-order chi connectivity index (χ0) is 12.4. The largest absolute Gasteiger partial charge is 0.381 e. The Morgan fingerprint density at radius 1 is 1.39 bits per heavy atom. The van der Waals surface area contributed by atoms with Gasteiger partial charge in [-0.15, -0.1) is 22.9 Å². The van der Waals surface area contributed by atoms with Crippen molar-refractivity contribution in [1.82, 2.24) is 4.98 Å². The summed E-state index contributed by atoms with van der Waals surface area (Å²) in [5.41, 5.74) is -0.0803. The van der Waals surface area contributed by atoms with Crippen molar-refractivity contribution < 1.29 is 4.74 Å². The van der Waals surface area contributed by atoms with E-state index in [-0.39, 0.29) is 5.54 Å². The zero-order valence-corrected chi connectivity index (χ0v) is 11.6. The summed E-state index contributed by atoms with van der Waals surface area (Å²) in [7, 11) is 0. The number of aromatic nitrogens is 1. The summed E-state index contributed by atoms with van der Waals surface area (Å²) in [6, 6.07) is 4.15. The number of nitrogens with zero attached hydrogens (tertiary/aromatic N) is 1. The van der Waals surface area contributed by atoms with E-state index in [1.165, 1.54) is 10.1 Å². The van der Waals surface area contributed by atoms with Crippen molar-refractivity contribution in [2.45, 2.75) is 18.4 Å². The van der Waals surface area contributed by atoms with Crippen LogP contribution in [0.25, 0.3) is 10.1 Å². The molecule has 0 amide bonds. The van der Waals surface area contributed by atoms with Gasteiger partial charge in [0.05, 0.1) is 5.54 Å². The number of anilines is 1. The lowest BCUT2D eigenvalue weighted by Gasteiger charge is -2.36. The lowest BCUT2D eigenvalue weighted by molar-refractivity contribution is 0.0667. The quantitative estimate of drug-likeness (QED) is 0.875. The van der Waals surface area contributed by atoms with Crippen LogP contribution in [0.5, 0.6) is 0 Å². The highest BCUT2D eigenvalue weighted by Gasteiger charge is 2.32. The minimum atomic E-state index is -0.0803. The fraction of sp³-hybridized carbons (Fsp3) is 0.462. The molecule has 1 N–H and O–H groups in total. The fourth-order valence-corrected chi connectivity index (χ4v) is 3.42. The third-order valence-corrected chi connectivity index (χ3v) is 4.86. The number of hydrogen-bond acceptors (Lipinski definition) is 4. The van der Waals surface area contributed by atoms with Gasteiger partial charge in [-0.25, -0.2) is 4.98 Å². The molecule has 0 aromatic carbocycles. The van der Waals surface area contributed by atoms with Crippen LogP contribution in [0.15, 0.2) is 23.7 Å². The normalized spacial score (nSPS) is 18.9. The van der Waals surface area contributed by atoms with Gasteiger partial charge in [-0.05, 0) is 30.4 Å². The van der Waals surface area contributed by atoms with Gasteiger partial charge in [0.2, 0.25) is 0 Å². The first kappa shape index (κ1) is 12.2. The predicted octanol–water partition coefficient (Wildman–Crippen LogP) is 3.50. The van der Waals surface area contributed by atoms with Crippen LogP contribution in [0.1, 0.15) is 12.8 Å². The molecule has 0 unspecified atom stereocenters. The number of nitrogens with one attached hydrogen (secondary N) is 1. The first-order chi connectivity index (χ1) is 8.83. The monoisotopic (exact) mass is 282 g/mol. The number of ether oxygens (including phenoxy) is 1. The Balaban J connectivity index is 1.92. The summed E-state index contributed by atoms with van der Waals surface area (Å²) in [4.78, 5) is 4.46. The van der Waals surface area contributed by atoms with Crippen molar-refractivity contribution in [3.63, 3.8) is 0 Å². The van der Waals surface area contributed by atoms with Gasteiger partial charge in [-0.3, -0.25) is 0 Å². The van der Waals surface area contributed by atoms with Gasteiger partial charge in [0, 0.05) is 35.4 Å². The lowest BCUT2D eigenvalue weighted by Crippen LogP contribution is -2.45. The number of thiophene rings is 1. The van der Waals surface area contributed by atoms with E-state index in [1.807, 2.05) is 12.3 Å².